The molecule has 88 valence electrons. The van der Waals surface area contributed by atoms with Crippen LogP contribution < -0.4 is 0 Å². The highest BCUT2D eigenvalue weighted by Crippen LogP contribution is 2.58. The molecule has 1 saturated carbocycles. The maximum Gasteiger partial charge on any atom is 0.466 e. The Morgan fingerprint density at radius 1 is 1.33 bits per heavy atom. The third-order valence-electron chi connectivity index (χ3n) is 3.63. The Kier molecular flexibility index (Phi) is 3.46. The van der Waals surface area contributed by atoms with Gasteiger partial charge in [-0.2, -0.15) is 0 Å². The molecule has 0 amide bonds. The molecule has 0 aromatic carbocycles. The molecule has 1 fully saturated rings. The first kappa shape index (κ1) is 12.9. The average molecular weight is 234 g/mol. The highest BCUT2D eigenvalue weighted by molar-refractivity contribution is 7.45. The van der Waals surface area contributed by atoms with Crippen LogP contribution in [0.2, 0.25) is 0 Å². The fraction of sp³-hybridized carbons (Fsp3) is 0.800. The zero-order valence-electron chi connectivity index (χ0n) is 9.40. The smallest absolute Gasteiger partial charge is 0.303 e. The van der Waals surface area contributed by atoms with E-state index in [1.54, 1.807) is 11.1 Å². The first-order valence-electron chi connectivity index (χ1n) is 5.09. The molecule has 0 aromatic rings. The fourth-order valence-electron chi connectivity index (χ4n) is 2.61. The first-order valence-corrected chi connectivity index (χ1v) is 6.66. The molecular formula is C10H19O4P. The SMILES string of the molecule is CC1=C2CC(CC1)C2(C)C.O=P(O)(O)O. The second-order valence-electron chi connectivity index (χ2n) is 4.93. The summed E-state index contributed by atoms with van der Waals surface area (Å²) >= 11 is 0. The summed E-state index contributed by atoms with van der Waals surface area (Å²) in [6.07, 6.45) is 4.24. The van der Waals surface area contributed by atoms with Crippen molar-refractivity contribution >= 4 is 7.82 Å². The number of phosphoric acid groups is 1. The van der Waals surface area contributed by atoms with Gasteiger partial charge in [-0.1, -0.05) is 25.0 Å². The zero-order valence-corrected chi connectivity index (χ0v) is 10.3. The van der Waals surface area contributed by atoms with Crippen molar-refractivity contribution in [2.45, 2.75) is 40.0 Å². The molecule has 0 heterocycles. The van der Waals surface area contributed by atoms with Crippen LogP contribution in [0.5, 0.6) is 0 Å². The molecule has 0 aliphatic heterocycles. The van der Waals surface area contributed by atoms with Gasteiger partial charge in [0.05, 0.1) is 0 Å². The summed E-state index contributed by atoms with van der Waals surface area (Å²) in [4.78, 5) is 21.6. The van der Waals surface area contributed by atoms with Gasteiger partial charge < -0.3 is 14.7 Å². The van der Waals surface area contributed by atoms with E-state index in [4.69, 9.17) is 19.2 Å². The predicted molar refractivity (Wildman–Crippen MR) is 58.1 cm³/mol. The summed E-state index contributed by atoms with van der Waals surface area (Å²) in [5.41, 5.74) is 4.04. The van der Waals surface area contributed by atoms with Crippen LogP contribution in [-0.4, -0.2) is 14.7 Å². The lowest BCUT2D eigenvalue weighted by molar-refractivity contribution is 0.133. The molecule has 3 rings (SSSR count). The summed E-state index contributed by atoms with van der Waals surface area (Å²) in [5, 5.41) is 0. The van der Waals surface area contributed by atoms with Crippen molar-refractivity contribution < 1.29 is 19.2 Å². The molecule has 3 aliphatic rings. The molecule has 4 nitrogen and oxygen atoms in total. The molecule has 2 bridgehead atoms. The van der Waals surface area contributed by atoms with Gasteiger partial charge in [0.2, 0.25) is 0 Å². The van der Waals surface area contributed by atoms with Crippen LogP contribution in [0.1, 0.15) is 40.0 Å². The van der Waals surface area contributed by atoms with E-state index in [1.807, 2.05) is 0 Å². The predicted octanol–water partition coefficient (Wildman–Crippen LogP) is 2.21. The zero-order chi connectivity index (χ0) is 11.9. The summed E-state index contributed by atoms with van der Waals surface area (Å²) in [6, 6.07) is 0. The Bertz CT molecular complexity index is 318. The molecule has 0 aromatic heterocycles. The summed E-state index contributed by atoms with van der Waals surface area (Å²) in [5.74, 6) is 1.02. The molecule has 5 heteroatoms. The van der Waals surface area contributed by atoms with E-state index in [9.17, 15) is 0 Å². The molecule has 3 aliphatic carbocycles. The maximum atomic E-state index is 8.88. The topological polar surface area (TPSA) is 77.8 Å². The van der Waals surface area contributed by atoms with Gasteiger partial charge in [0.1, 0.15) is 0 Å². The second kappa shape index (κ2) is 4.02. The van der Waals surface area contributed by atoms with Crippen LogP contribution >= 0.6 is 7.82 Å². The fourth-order valence-corrected chi connectivity index (χ4v) is 2.61. The van der Waals surface area contributed by atoms with Crippen LogP contribution in [0.25, 0.3) is 0 Å². The van der Waals surface area contributed by atoms with Gasteiger partial charge in [-0.3, -0.25) is 0 Å². The van der Waals surface area contributed by atoms with E-state index in [0.29, 0.717) is 5.41 Å². The summed E-state index contributed by atoms with van der Waals surface area (Å²) in [6.45, 7) is 7.12. The quantitative estimate of drug-likeness (QED) is 0.443. The molecule has 0 saturated heterocycles. The highest BCUT2D eigenvalue weighted by Gasteiger charge is 2.46. The van der Waals surface area contributed by atoms with E-state index in [1.165, 1.54) is 19.3 Å². The van der Waals surface area contributed by atoms with Crippen LogP contribution in [0.4, 0.5) is 0 Å². The van der Waals surface area contributed by atoms with Crippen LogP contribution in [0, 0.1) is 11.3 Å². The average Bonchev–Trinajstić information content (AvgIpc) is 2.00. The molecule has 3 N–H and O–H groups in total. The molecule has 15 heavy (non-hydrogen) atoms. The third kappa shape index (κ3) is 3.15. The second-order valence-corrected chi connectivity index (χ2v) is 5.96. The maximum absolute atomic E-state index is 8.88. The highest BCUT2D eigenvalue weighted by atomic mass is 31.2. The normalized spacial score (nSPS) is 27.7. The Balaban J connectivity index is 0.000000195. The number of allylic oxidation sites excluding steroid dienone is 2. The van der Waals surface area contributed by atoms with Crippen molar-refractivity contribution in [2.24, 2.45) is 11.3 Å². The van der Waals surface area contributed by atoms with Gasteiger partial charge in [0, 0.05) is 0 Å². The molecule has 1 unspecified atom stereocenters. The van der Waals surface area contributed by atoms with Gasteiger partial charge in [-0.15, -0.1) is 0 Å². The van der Waals surface area contributed by atoms with E-state index in [-0.39, 0.29) is 0 Å². The minimum atomic E-state index is -4.64. The van der Waals surface area contributed by atoms with Gasteiger partial charge in [-0.05, 0) is 37.5 Å². The van der Waals surface area contributed by atoms with Crippen molar-refractivity contribution in [3.05, 3.63) is 11.1 Å². The molecule has 0 radical (unpaired) electrons. The molecular weight excluding hydrogens is 215 g/mol. The lowest BCUT2D eigenvalue weighted by atomic mass is 9.52. The van der Waals surface area contributed by atoms with Crippen molar-refractivity contribution in [2.75, 3.05) is 0 Å². The van der Waals surface area contributed by atoms with Crippen molar-refractivity contribution in [3.63, 3.8) is 0 Å². The standard InChI is InChI=1S/C10H16.H3O4P/c1-7-4-5-8-6-9(7)10(8,2)3;1-5(2,3)4/h8H,4-6H2,1-3H3;(H3,1,2,3,4). The van der Waals surface area contributed by atoms with Gasteiger partial charge in [0.15, 0.2) is 0 Å². The lowest BCUT2D eigenvalue weighted by Crippen LogP contribution is -2.41. The van der Waals surface area contributed by atoms with Gasteiger partial charge in [-0.25, -0.2) is 4.57 Å². The number of hydrogen-bond acceptors (Lipinski definition) is 1. The summed E-state index contributed by atoms with van der Waals surface area (Å²) in [7, 11) is -4.64. The number of fused-ring (bicyclic) bond motifs is 2. The van der Waals surface area contributed by atoms with Crippen molar-refractivity contribution in [1.82, 2.24) is 0 Å². The Hall–Kier alpha value is -0.150. The molecule has 1 atom stereocenters. The van der Waals surface area contributed by atoms with Crippen LogP contribution in [-0.2, 0) is 4.57 Å². The minimum Gasteiger partial charge on any atom is -0.303 e. The monoisotopic (exact) mass is 234 g/mol. The Morgan fingerprint density at radius 2 is 1.80 bits per heavy atom. The van der Waals surface area contributed by atoms with E-state index >= 15 is 0 Å². The van der Waals surface area contributed by atoms with Crippen LogP contribution in [0.3, 0.4) is 0 Å². The van der Waals surface area contributed by atoms with E-state index in [2.05, 4.69) is 20.8 Å². The first-order chi connectivity index (χ1) is 6.62. The van der Waals surface area contributed by atoms with Gasteiger partial charge in [0.25, 0.3) is 0 Å². The Morgan fingerprint density at radius 3 is 2.00 bits per heavy atom. The van der Waals surface area contributed by atoms with Crippen LogP contribution in [0.15, 0.2) is 11.1 Å². The van der Waals surface area contributed by atoms with Crippen molar-refractivity contribution in [1.29, 1.82) is 0 Å². The van der Waals surface area contributed by atoms with E-state index in [0.717, 1.165) is 5.92 Å². The van der Waals surface area contributed by atoms with Crippen molar-refractivity contribution in [3.8, 4) is 0 Å². The largest absolute Gasteiger partial charge is 0.466 e. The summed E-state index contributed by atoms with van der Waals surface area (Å²) < 4.78 is 8.88. The van der Waals surface area contributed by atoms with Gasteiger partial charge >= 0.3 is 7.82 Å². The third-order valence-corrected chi connectivity index (χ3v) is 3.63. The molecule has 0 spiro atoms. The lowest BCUT2D eigenvalue weighted by Gasteiger charge is -2.52. The minimum absolute atomic E-state index is 0.586. The number of hydrogen-bond donors (Lipinski definition) is 3. The Labute approximate surface area is 90.3 Å². The van der Waals surface area contributed by atoms with E-state index < -0.39 is 7.82 Å². The number of rotatable bonds is 0.